The molecule has 1 aromatic heterocycles. The van der Waals surface area contributed by atoms with E-state index in [1.165, 1.54) is 18.9 Å². The Balaban J connectivity index is 0.00000277. The van der Waals surface area contributed by atoms with Crippen molar-refractivity contribution in [1.29, 1.82) is 0 Å². The quantitative estimate of drug-likeness (QED) is 0.291. The lowest BCUT2D eigenvalue weighted by Gasteiger charge is -2.30. The molecule has 0 amide bonds. The molecule has 0 bridgehead atoms. The van der Waals surface area contributed by atoms with Gasteiger partial charge in [0.1, 0.15) is 16.8 Å². The fourth-order valence-corrected chi connectivity index (χ4v) is 2.97. The van der Waals surface area contributed by atoms with Gasteiger partial charge in [-0.05, 0) is 45.3 Å². The summed E-state index contributed by atoms with van der Waals surface area (Å²) < 4.78 is 5.14. The van der Waals surface area contributed by atoms with Gasteiger partial charge in [-0.25, -0.2) is 4.98 Å². The second-order valence-electron chi connectivity index (χ2n) is 4.80. The fourth-order valence-electron chi connectivity index (χ4n) is 2.07. The van der Waals surface area contributed by atoms with E-state index in [1.54, 1.807) is 24.3 Å². The largest absolute Gasteiger partial charge is 0.469 e. The van der Waals surface area contributed by atoms with Crippen LogP contribution in [0.2, 0.25) is 0 Å². The minimum absolute atomic E-state index is 0.0794. The molecular weight excluding hydrogens is 404 g/mol. The van der Waals surface area contributed by atoms with Crippen molar-refractivity contribution in [2.24, 2.45) is 5.73 Å². The molecule has 0 fully saturated rings. The monoisotopic (exact) mass is 428 g/mol. The number of aromatic nitrogens is 1. The van der Waals surface area contributed by atoms with Crippen LogP contribution in [0.15, 0.2) is 46.4 Å². The summed E-state index contributed by atoms with van der Waals surface area (Å²) in [6.45, 7) is 7.77. The lowest BCUT2D eigenvalue weighted by Crippen LogP contribution is -2.41. The number of hydrogen-bond acceptors (Lipinski definition) is 6. The number of nitrogens with zero attached hydrogens (tertiary/aromatic N) is 1. The number of rotatable bonds is 8. The number of carbonyl (C=O) groups excluding carboxylic acids is 2. The maximum Gasteiger partial charge on any atom is 0.313 e. The van der Waals surface area contributed by atoms with Crippen molar-refractivity contribution >= 4 is 39.4 Å². The topological polar surface area (TPSA) is 82.3 Å². The molecule has 5 nitrogen and oxygen atoms in total. The van der Waals surface area contributed by atoms with Crippen molar-refractivity contribution in [3.05, 3.63) is 52.1 Å². The van der Waals surface area contributed by atoms with Gasteiger partial charge in [0.05, 0.1) is 18.3 Å². The summed E-state index contributed by atoms with van der Waals surface area (Å²) in [5.74, 6) is -0.913. The van der Waals surface area contributed by atoms with Gasteiger partial charge in [0.25, 0.3) is 0 Å². The van der Waals surface area contributed by atoms with Crippen LogP contribution in [-0.2, 0) is 19.9 Å². The molecule has 1 heterocycles. The van der Waals surface area contributed by atoms with Crippen LogP contribution in [-0.4, -0.2) is 30.1 Å². The third-order valence-corrected chi connectivity index (χ3v) is 4.13. The molecule has 25 heavy (non-hydrogen) atoms. The maximum absolute atomic E-state index is 12.2. The Hall–Kier alpha value is -1.44. The first-order valence-electron chi connectivity index (χ1n) is 7.73. The van der Waals surface area contributed by atoms with E-state index in [0.29, 0.717) is 15.9 Å². The van der Waals surface area contributed by atoms with Crippen LogP contribution in [0.5, 0.6) is 0 Å². The van der Waals surface area contributed by atoms with Crippen LogP contribution in [0.1, 0.15) is 32.4 Å². The van der Waals surface area contributed by atoms with Crippen LogP contribution in [0, 0.1) is 0 Å². The summed E-state index contributed by atoms with van der Waals surface area (Å²) in [4.78, 5) is 27.9. The number of Topliss-reactive ketones (excluding diaryl/α,β-unsaturated/α-hetero) is 1. The van der Waals surface area contributed by atoms with E-state index in [-0.39, 0.29) is 18.6 Å². The SMILES string of the molecule is C=C/C(=C\SC)C(N)(CC(=O)CC(=O)OC)c1cccc(Br)n1.CC. The minimum atomic E-state index is -1.17. The van der Waals surface area contributed by atoms with Crippen LogP contribution in [0.4, 0.5) is 0 Å². The summed E-state index contributed by atoms with van der Waals surface area (Å²) >= 11 is 4.76. The van der Waals surface area contributed by atoms with Crippen LogP contribution in [0.25, 0.3) is 0 Å². The number of halogens is 1. The molecule has 138 valence electrons. The number of hydrogen-bond donors (Lipinski definition) is 1. The number of thioether (sulfide) groups is 1. The van der Waals surface area contributed by atoms with Gasteiger partial charge in [-0.1, -0.05) is 32.6 Å². The summed E-state index contributed by atoms with van der Waals surface area (Å²) in [6, 6.07) is 5.30. The first-order chi connectivity index (χ1) is 11.9. The third kappa shape index (κ3) is 7.13. The highest BCUT2D eigenvalue weighted by molar-refractivity contribution is 9.10. The summed E-state index contributed by atoms with van der Waals surface area (Å²) in [5, 5.41) is 1.82. The first-order valence-corrected chi connectivity index (χ1v) is 9.81. The van der Waals surface area contributed by atoms with E-state index in [1.807, 2.05) is 25.5 Å². The van der Waals surface area contributed by atoms with Gasteiger partial charge in [-0.3, -0.25) is 9.59 Å². The molecule has 0 aliphatic heterocycles. The molecule has 7 heteroatoms. The number of ketones is 1. The average molecular weight is 429 g/mol. The standard InChI is InChI=1S/C16H19BrN2O3S.C2H6/c1-4-11(10-23-3)16(18,9-12(20)8-15(21)22-2)13-6-5-7-14(17)19-13;1-2/h4-7,10H,1,8-9,18H2,2-3H3;1-2H3/b11-10+;. The summed E-state index contributed by atoms with van der Waals surface area (Å²) in [6.07, 6.45) is 3.08. The highest BCUT2D eigenvalue weighted by Gasteiger charge is 2.35. The van der Waals surface area contributed by atoms with Crippen molar-refractivity contribution < 1.29 is 14.3 Å². The van der Waals surface area contributed by atoms with Crippen LogP contribution < -0.4 is 5.73 Å². The Morgan fingerprint density at radius 3 is 2.56 bits per heavy atom. The Morgan fingerprint density at radius 2 is 2.08 bits per heavy atom. The number of ether oxygens (including phenoxy) is 1. The normalized spacial score (nSPS) is 13.1. The Bertz CT molecular complexity index is 635. The zero-order chi connectivity index (χ0) is 19.5. The van der Waals surface area contributed by atoms with Gasteiger partial charge < -0.3 is 10.5 Å². The molecular formula is C18H25BrN2O3S. The average Bonchev–Trinajstić information content (AvgIpc) is 2.60. The van der Waals surface area contributed by atoms with Gasteiger partial charge in [0.15, 0.2) is 0 Å². The Kier molecular flexibility index (Phi) is 11.3. The zero-order valence-corrected chi connectivity index (χ0v) is 17.4. The van der Waals surface area contributed by atoms with E-state index < -0.39 is 11.5 Å². The molecule has 1 atom stereocenters. The van der Waals surface area contributed by atoms with Crippen molar-refractivity contribution in [1.82, 2.24) is 4.98 Å². The number of carbonyl (C=O) groups is 2. The zero-order valence-electron chi connectivity index (χ0n) is 15.0. The predicted molar refractivity (Wildman–Crippen MR) is 107 cm³/mol. The van der Waals surface area contributed by atoms with Gasteiger partial charge in [0.2, 0.25) is 0 Å². The van der Waals surface area contributed by atoms with E-state index in [4.69, 9.17) is 5.73 Å². The third-order valence-electron chi connectivity index (χ3n) is 3.20. The Labute approximate surface area is 162 Å². The van der Waals surface area contributed by atoms with Gasteiger partial charge in [0, 0.05) is 6.42 Å². The first kappa shape index (κ1) is 23.6. The minimum Gasteiger partial charge on any atom is -0.469 e. The molecule has 2 N–H and O–H groups in total. The fraction of sp³-hybridized carbons (Fsp3) is 0.389. The predicted octanol–water partition coefficient (Wildman–Crippen LogP) is 3.98. The highest BCUT2D eigenvalue weighted by atomic mass is 79.9. The lowest BCUT2D eigenvalue weighted by molar-refractivity contribution is -0.143. The molecule has 0 radical (unpaired) electrons. The summed E-state index contributed by atoms with van der Waals surface area (Å²) in [5.41, 5.74) is 6.55. The van der Waals surface area contributed by atoms with E-state index >= 15 is 0 Å². The lowest BCUT2D eigenvalue weighted by atomic mass is 9.82. The van der Waals surface area contributed by atoms with Gasteiger partial charge in [-0.15, -0.1) is 11.8 Å². The number of esters is 1. The molecule has 0 saturated carbocycles. The molecule has 1 rings (SSSR count). The molecule has 1 unspecified atom stereocenters. The molecule has 0 aliphatic carbocycles. The van der Waals surface area contributed by atoms with E-state index in [9.17, 15) is 9.59 Å². The molecule has 0 spiro atoms. The molecule has 0 aliphatic rings. The number of pyridine rings is 1. The Morgan fingerprint density at radius 1 is 1.44 bits per heavy atom. The van der Waals surface area contributed by atoms with Crippen LogP contribution >= 0.6 is 27.7 Å². The van der Waals surface area contributed by atoms with Gasteiger partial charge >= 0.3 is 5.97 Å². The maximum atomic E-state index is 12.2. The van der Waals surface area contributed by atoms with Gasteiger partial charge in [-0.2, -0.15) is 0 Å². The van der Waals surface area contributed by atoms with E-state index in [0.717, 1.165) is 0 Å². The smallest absolute Gasteiger partial charge is 0.313 e. The second-order valence-corrected chi connectivity index (χ2v) is 6.32. The molecule has 0 saturated heterocycles. The number of nitrogens with two attached hydrogens (primary N) is 1. The van der Waals surface area contributed by atoms with Crippen molar-refractivity contribution in [3.63, 3.8) is 0 Å². The second kappa shape index (κ2) is 12.0. The van der Waals surface area contributed by atoms with Crippen molar-refractivity contribution in [3.8, 4) is 0 Å². The van der Waals surface area contributed by atoms with E-state index in [2.05, 4.69) is 32.2 Å². The van der Waals surface area contributed by atoms with Crippen molar-refractivity contribution in [2.45, 2.75) is 32.2 Å². The number of methoxy groups -OCH3 is 1. The molecule has 0 aromatic carbocycles. The van der Waals surface area contributed by atoms with Crippen LogP contribution in [0.3, 0.4) is 0 Å². The van der Waals surface area contributed by atoms with Crippen molar-refractivity contribution in [2.75, 3.05) is 13.4 Å². The summed E-state index contributed by atoms with van der Waals surface area (Å²) in [7, 11) is 1.24. The molecule has 1 aromatic rings. The highest BCUT2D eigenvalue weighted by Crippen LogP contribution is 2.32.